The van der Waals surface area contributed by atoms with Crippen LogP contribution in [0.2, 0.25) is 0 Å². The molecule has 92 valence electrons. The summed E-state index contributed by atoms with van der Waals surface area (Å²) < 4.78 is 26.1. The maximum absolute atomic E-state index is 12.4. The molecule has 17 heavy (non-hydrogen) atoms. The Labute approximate surface area is 102 Å². The van der Waals surface area contributed by atoms with E-state index in [1.54, 1.807) is 19.2 Å². The van der Waals surface area contributed by atoms with Gasteiger partial charge in [0.25, 0.3) is 10.0 Å². The van der Waals surface area contributed by atoms with Crippen LogP contribution in [0.3, 0.4) is 0 Å². The zero-order valence-electron chi connectivity index (χ0n) is 10.2. The number of sulfonamides is 1. The van der Waals surface area contributed by atoms with E-state index in [4.69, 9.17) is 0 Å². The van der Waals surface area contributed by atoms with Crippen molar-refractivity contribution in [3.63, 3.8) is 0 Å². The number of hydrogen-bond acceptors (Lipinski definition) is 3. The molecule has 1 aliphatic heterocycles. The van der Waals surface area contributed by atoms with Crippen LogP contribution in [0.15, 0.2) is 34.2 Å². The largest absolute Gasteiger partial charge is 0.266 e. The topological polar surface area (TPSA) is 49.7 Å². The van der Waals surface area contributed by atoms with Crippen molar-refractivity contribution in [2.45, 2.75) is 25.3 Å². The summed E-state index contributed by atoms with van der Waals surface area (Å²) in [6.45, 7) is 4.31. The van der Waals surface area contributed by atoms with Crippen molar-refractivity contribution < 1.29 is 8.42 Å². The second-order valence-corrected chi connectivity index (χ2v) is 6.35. The highest BCUT2D eigenvalue weighted by Gasteiger charge is 2.29. The summed E-state index contributed by atoms with van der Waals surface area (Å²) >= 11 is 0. The molecular formula is C12H16N2O2S. The molecule has 0 N–H and O–H groups in total. The number of nitrogens with zero attached hydrogens (tertiary/aromatic N) is 2. The van der Waals surface area contributed by atoms with Gasteiger partial charge in [-0.1, -0.05) is 32.0 Å². The Morgan fingerprint density at radius 2 is 1.94 bits per heavy atom. The fourth-order valence-corrected chi connectivity index (χ4v) is 3.49. The van der Waals surface area contributed by atoms with E-state index in [9.17, 15) is 8.42 Å². The monoisotopic (exact) mass is 252 g/mol. The molecule has 0 spiro atoms. The predicted octanol–water partition coefficient (Wildman–Crippen LogP) is 1.88. The van der Waals surface area contributed by atoms with Crippen molar-refractivity contribution in [3.8, 4) is 0 Å². The third-order valence-electron chi connectivity index (χ3n) is 2.86. The average Bonchev–Trinajstić information content (AvgIpc) is 2.37. The number of amidine groups is 1. The number of fused-ring (bicyclic) bond motifs is 1. The summed E-state index contributed by atoms with van der Waals surface area (Å²) in [5, 5.41) is 0. The molecule has 0 atom stereocenters. The van der Waals surface area contributed by atoms with E-state index in [1.165, 1.54) is 4.31 Å². The summed E-state index contributed by atoms with van der Waals surface area (Å²) in [5.74, 6) is 0.699. The summed E-state index contributed by atoms with van der Waals surface area (Å²) in [5.41, 5.74) is 0.759. The highest BCUT2D eigenvalue weighted by Crippen LogP contribution is 2.25. The smallest absolute Gasteiger partial charge is 0.265 e. The highest BCUT2D eigenvalue weighted by atomic mass is 32.2. The van der Waals surface area contributed by atoms with Gasteiger partial charge in [-0.25, -0.2) is 8.42 Å². The van der Waals surface area contributed by atoms with E-state index in [0.717, 1.165) is 5.56 Å². The minimum atomic E-state index is -3.45. The van der Waals surface area contributed by atoms with Crippen LogP contribution in [0.4, 0.5) is 0 Å². The van der Waals surface area contributed by atoms with Gasteiger partial charge in [0.05, 0.1) is 11.4 Å². The Bertz CT molecular complexity index is 562. The number of benzene rings is 1. The zero-order chi connectivity index (χ0) is 12.6. The van der Waals surface area contributed by atoms with Gasteiger partial charge in [0.1, 0.15) is 5.84 Å². The minimum Gasteiger partial charge on any atom is -0.266 e. The highest BCUT2D eigenvalue weighted by molar-refractivity contribution is 7.89. The van der Waals surface area contributed by atoms with Crippen LogP contribution in [0.1, 0.15) is 19.4 Å². The standard InChI is InChI=1S/C12H16N2O2S/c1-9(2)12-13-8-10-6-4-5-7-11(10)17(15,16)14(12)3/h4-7,9H,8H2,1-3H3. The summed E-state index contributed by atoms with van der Waals surface area (Å²) in [7, 11) is -1.88. The van der Waals surface area contributed by atoms with Crippen LogP contribution in [-0.4, -0.2) is 25.6 Å². The third-order valence-corrected chi connectivity index (χ3v) is 4.72. The van der Waals surface area contributed by atoms with E-state index in [2.05, 4.69) is 4.99 Å². The Hall–Kier alpha value is -1.36. The first-order chi connectivity index (χ1) is 7.94. The fraction of sp³-hybridized carbons (Fsp3) is 0.417. The van der Waals surface area contributed by atoms with E-state index >= 15 is 0 Å². The lowest BCUT2D eigenvalue weighted by Crippen LogP contribution is -2.35. The molecule has 0 fully saturated rings. The van der Waals surface area contributed by atoms with Crippen LogP contribution in [0.5, 0.6) is 0 Å². The molecule has 0 aliphatic carbocycles. The zero-order valence-corrected chi connectivity index (χ0v) is 11.0. The number of hydrogen-bond donors (Lipinski definition) is 0. The van der Waals surface area contributed by atoms with Gasteiger partial charge in [-0.3, -0.25) is 9.30 Å². The molecule has 0 saturated carbocycles. The Balaban J connectivity index is 2.63. The second kappa shape index (κ2) is 4.14. The van der Waals surface area contributed by atoms with Crippen molar-refractivity contribution in [2.75, 3.05) is 7.05 Å². The van der Waals surface area contributed by atoms with E-state index in [-0.39, 0.29) is 5.92 Å². The fourth-order valence-electron chi connectivity index (χ4n) is 1.97. The van der Waals surface area contributed by atoms with Crippen LogP contribution in [0, 0.1) is 5.92 Å². The number of aliphatic imine (C=N–C) groups is 1. The second-order valence-electron chi connectivity index (χ2n) is 4.41. The van der Waals surface area contributed by atoms with Gasteiger partial charge in [0.15, 0.2) is 0 Å². The molecule has 1 aliphatic rings. The van der Waals surface area contributed by atoms with Gasteiger partial charge < -0.3 is 0 Å². The molecule has 5 heteroatoms. The molecule has 1 heterocycles. The first-order valence-electron chi connectivity index (χ1n) is 5.55. The van der Waals surface area contributed by atoms with Gasteiger partial charge in [-0.2, -0.15) is 0 Å². The van der Waals surface area contributed by atoms with E-state index in [0.29, 0.717) is 17.3 Å². The molecule has 0 aromatic heterocycles. The maximum atomic E-state index is 12.4. The molecule has 4 nitrogen and oxygen atoms in total. The molecule has 0 amide bonds. The van der Waals surface area contributed by atoms with Crippen LogP contribution < -0.4 is 0 Å². The van der Waals surface area contributed by atoms with Gasteiger partial charge in [-0.15, -0.1) is 0 Å². The van der Waals surface area contributed by atoms with Crippen molar-refractivity contribution in [2.24, 2.45) is 10.9 Å². The third kappa shape index (κ3) is 1.95. The van der Waals surface area contributed by atoms with E-state index in [1.807, 2.05) is 26.0 Å². The van der Waals surface area contributed by atoms with Gasteiger partial charge in [0.2, 0.25) is 0 Å². The minimum absolute atomic E-state index is 0.0871. The summed E-state index contributed by atoms with van der Waals surface area (Å²) in [6, 6.07) is 7.03. The lowest BCUT2D eigenvalue weighted by Gasteiger charge is -2.22. The summed E-state index contributed by atoms with van der Waals surface area (Å²) in [6.07, 6.45) is 0. The first-order valence-corrected chi connectivity index (χ1v) is 7.00. The van der Waals surface area contributed by atoms with Crippen LogP contribution in [0.25, 0.3) is 0 Å². The van der Waals surface area contributed by atoms with Gasteiger partial charge in [0, 0.05) is 13.0 Å². The normalized spacial score (nSPS) is 18.6. The summed E-state index contributed by atoms with van der Waals surface area (Å²) in [4.78, 5) is 4.77. The molecule has 0 radical (unpaired) electrons. The molecule has 1 aromatic carbocycles. The average molecular weight is 252 g/mol. The van der Waals surface area contributed by atoms with E-state index < -0.39 is 10.0 Å². The Morgan fingerprint density at radius 3 is 2.59 bits per heavy atom. The van der Waals surface area contributed by atoms with Crippen molar-refractivity contribution >= 4 is 15.9 Å². The van der Waals surface area contributed by atoms with Crippen molar-refractivity contribution in [1.29, 1.82) is 0 Å². The van der Waals surface area contributed by atoms with Crippen molar-refractivity contribution in [3.05, 3.63) is 29.8 Å². The maximum Gasteiger partial charge on any atom is 0.265 e. The van der Waals surface area contributed by atoms with Crippen LogP contribution in [-0.2, 0) is 16.6 Å². The molecule has 1 aromatic rings. The molecule has 0 unspecified atom stereocenters. The van der Waals surface area contributed by atoms with Crippen LogP contribution >= 0.6 is 0 Å². The predicted molar refractivity (Wildman–Crippen MR) is 67.4 cm³/mol. The lowest BCUT2D eigenvalue weighted by molar-refractivity contribution is 0.544. The molecule has 2 rings (SSSR count). The molecule has 0 saturated heterocycles. The lowest BCUT2D eigenvalue weighted by atomic mass is 10.2. The number of rotatable bonds is 1. The van der Waals surface area contributed by atoms with Crippen molar-refractivity contribution in [1.82, 2.24) is 4.31 Å². The molecular weight excluding hydrogens is 236 g/mol. The Morgan fingerprint density at radius 1 is 1.29 bits per heavy atom. The Kier molecular flexibility index (Phi) is 2.95. The first kappa shape index (κ1) is 12.1. The quantitative estimate of drug-likeness (QED) is 0.766. The van der Waals surface area contributed by atoms with Gasteiger partial charge >= 0.3 is 0 Å². The SMILES string of the molecule is CC(C)C1=NCc2ccccc2S(=O)(=O)N1C. The molecule has 0 bridgehead atoms. The van der Waals surface area contributed by atoms with Gasteiger partial charge in [-0.05, 0) is 11.6 Å².